The number of rotatable bonds is 11. The fourth-order valence-electron chi connectivity index (χ4n) is 6.74. The van der Waals surface area contributed by atoms with Gasteiger partial charge in [-0.05, 0) is 51.3 Å². The number of imide groups is 1. The first-order valence-corrected chi connectivity index (χ1v) is 15.8. The Labute approximate surface area is 273 Å². The van der Waals surface area contributed by atoms with Crippen LogP contribution in [0.3, 0.4) is 0 Å². The minimum atomic E-state index is -0.537. The summed E-state index contributed by atoms with van der Waals surface area (Å²) < 4.78 is 2.40. The van der Waals surface area contributed by atoms with Crippen LogP contribution in [-0.4, -0.2) is 46.2 Å². The van der Waals surface area contributed by atoms with Crippen molar-refractivity contribution in [3.05, 3.63) is 95.7 Å². The first kappa shape index (κ1) is 33.9. The molecular weight excluding hydrogens is 586 g/mol. The van der Waals surface area contributed by atoms with E-state index in [1.807, 2.05) is 0 Å². The molecule has 5 rings (SSSR count). The number of nitrogens with zero attached hydrogens (tertiary/aromatic N) is 3. The second kappa shape index (κ2) is 14.0. The summed E-state index contributed by atoms with van der Waals surface area (Å²) in [5, 5.41) is 0.622. The normalized spacial score (nSPS) is 19.2. The highest BCUT2D eigenvalue weighted by Crippen LogP contribution is 2.47. The second-order valence-corrected chi connectivity index (χ2v) is 12.7. The SMILES string of the molecule is CCN1\C(=C/C=C/C=C/C2=[N+](CCCCCC(=O)ON3C(=O)CCC3=O)c3ccccc3C2(C)C)C(C)(C)c2ccccc21.[Cl-]. The zero-order chi connectivity index (χ0) is 31.5. The predicted octanol–water partition coefficient (Wildman–Crippen LogP) is 4.05. The maximum Gasteiger partial charge on any atom is 0.333 e. The minimum Gasteiger partial charge on any atom is -1.00 e. The van der Waals surface area contributed by atoms with Crippen molar-refractivity contribution in [2.45, 2.75) is 84.0 Å². The van der Waals surface area contributed by atoms with Crippen LogP contribution in [0.4, 0.5) is 11.4 Å². The molecule has 45 heavy (non-hydrogen) atoms. The van der Waals surface area contributed by atoms with Crippen molar-refractivity contribution in [3.8, 4) is 0 Å². The van der Waals surface area contributed by atoms with Gasteiger partial charge in [-0.25, -0.2) is 4.79 Å². The molecule has 3 heterocycles. The quantitative estimate of drug-likeness (QED) is 0.162. The highest BCUT2D eigenvalue weighted by atomic mass is 35.5. The van der Waals surface area contributed by atoms with Crippen LogP contribution in [0, 0.1) is 0 Å². The summed E-state index contributed by atoms with van der Waals surface area (Å²) >= 11 is 0. The Kier molecular flexibility index (Phi) is 10.5. The van der Waals surface area contributed by atoms with Gasteiger partial charge in [-0.15, -0.1) is 5.06 Å². The number of hydrogen-bond donors (Lipinski definition) is 0. The summed E-state index contributed by atoms with van der Waals surface area (Å²) in [5.41, 5.74) is 7.52. The predicted molar refractivity (Wildman–Crippen MR) is 174 cm³/mol. The maximum atomic E-state index is 12.2. The van der Waals surface area contributed by atoms with E-state index in [-0.39, 0.29) is 42.5 Å². The third-order valence-corrected chi connectivity index (χ3v) is 9.11. The van der Waals surface area contributed by atoms with Gasteiger partial charge in [0, 0.05) is 66.7 Å². The number of carbonyl (C=O) groups is 3. The van der Waals surface area contributed by atoms with Crippen molar-refractivity contribution in [1.29, 1.82) is 0 Å². The number of carbonyl (C=O) groups excluding carboxylic acids is 3. The van der Waals surface area contributed by atoms with Crippen molar-refractivity contribution in [1.82, 2.24) is 5.06 Å². The summed E-state index contributed by atoms with van der Waals surface area (Å²) in [6, 6.07) is 17.2. The van der Waals surface area contributed by atoms with Gasteiger partial charge in [0.05, 0.1) is 5.41 Å². The highest BCUT2D eigenvalue weighted by Gasteiger charge is 2.44. The molecule has 3 aliphatic heterocycles. The van der Waals surface area contributed by atoms with Crippen LogP contribution >= 0.6 is 0 Å². The first-order chi connectivity index (χ1) is 21.1. The number of halogens is 1. The maximum absolute atomic E-state index is 12.2. The van der Waals surface area contributed by atoms with Gasteiger partial charge in [0.15, 0.2) is 5.71 Å². The summed E-state index contributed by atoms with van der Waals surface area (Å²) in [5.74, 6) is -1.43. The third kappa shape index (κ3) is 6.69. The summed E-state index contributed by atoms with van der Waals surface area (Å²) in [6.45, 7) is 13.1. The number of hydroxylamine groups is 2. The molecule has 3 aliphatic rings. The average molecular weight is 630 g/mol. The van der Waals surface area contributed by atoms with E-state index in [9.17, 15) is 14.4 Å². The number of anilines is 1. The molecule has 0 atom stereocenters. The Morgan fingerprint density at radius 1 is 0.867 bits per heavy atom. The molecule has 0 aromatic heterocycles. The number of unbranched alkanes of at least 4 members (excludes halogenated alkanes) is 2. The van der Waals surface area contributed by atoms with Gasteiger partial charge in [0.25, 0.3) is 11.8 Å². The fraction of sp³-hybridized carbons (Fsp3) is 0.405. The molecule has 0 radical (unpaired) electrons. The van der Waals surface area contributed by atoms with Gasteiger partial charge < -0.3 is 22.1 Å². The van der Waals surface area contributed by atoms with Gasteiger partial charge in [0.2, 0.25) is 5.69 Å². The van der Waals surface area contributed by atoms with Gasteiger partial charge in [-0.1, -0.05) is 68.5 Å². The molecule has 2 aromatic carbocycles. The van der Waals surface area contributed by atoms with Gasteiger partial charge >= 0.3 is 5.97 Å². The van der Waals surface area contributed by atoms with Crippen LogP contribution in [-0.2, 0) is 30.1 Å². The minimum absolute atomic E-state index is 0. The largest absolute Gasteiger partial charge is 1.00 e. The molecule has 7 nitrogen and oxygen atoms in total. The van der Waals surface area contributed by atoms with E-state index in [4.69, 9.17) is 4.84 Å². The Bertz CT molecular complexity index is 1570. The first-order valence-electron chi connectivity index (χ1n) is 15.8. The van der Waals surface area contributed by atoms with E-state index in [1.54, 1.807) is 0 Å². The van der Waals surface area contributed by atoms with Crippen LogP contribution in [0.15, 0.2) is 84.6 Å². The average Bonchev–Trinajstić information content (AvgIpc) is 3.52. The Hall–Kier alpha value is -3.97. The standard InChI is InChI=1S/C37H44N3O4.ClH/c1-6-38-29-19-14-12-17-27(29)36(2,3)31(38)21-9-7-10-22-32-37(4,5)28-18-13-15-20-30(28)39(32)26-16-8-11-23-35(43)44-40-33(41)24-25-34(40)42;/h7,9-10,12-15,17-22H,6,8,11,16,23-26H2,1-5H3;1H/q+1;/p-1. The lowest BCUT2D eigenvalue weighted by Gasteiger charge is -2.25. The Morgan fingerprint density at radius 2 is 1.53 bits per heavy atom. The fourth-order valence-corrected chi connectivity index (χ4v) is 6.74. The van der Waals surface area contributed by atoms with E-state index in [0.29, 0.717) is 11.5 Å². The molecular formula is C37H44ClN3O4. The van der Waals surface area contributed by atoms with Crippen LogP contribution in [0.1, 0.15) is 84.3 Å². The van der Waals surface area contributed by atoms with Crippen LogP contribution in [0.25, 0.3) is 0 Å². The Balaban J connectivity index is 0.00000461. The van der Waals surface area contributed by atoms with Crippen molar-refractivity contribution in [2.75, 3.05) is 18.0 Å². The molecule has 1 saturated heterocycles. The molecule has 2 amide bonds. The summed E-state index contributed by atoms with van der Waals surface area (Å²) in [7, 11) is 0. The molecule has 8 heteroatoms. The smallest absolute Gasteiger partial charge is 0.333 e. The van der Waals surface area contributed by atoms with Crippen LogP contribution in [0.5, 0.6) is 0 Å². The molecule has 238 valence electrons. The zero-order valence-electron chi connectivity index (χ0n) is 27.0. The molecule has 2 aromatic rings. The lowest BCUT2D eigenvalue weighted by atomic mass is 9.81. The number of amides is 2. The molecule has 0 N–H and O–H groups in total. The number of hydrogen-bond acceptors (Lipinski definition) is 5. The lowest BCUT2D eigenvalue weighted by molar-refractivity contribution is -0.438. The molecule has 0 spiro atoms. The van der Waals surface area contributed by atoms with E-state index < -0.39 is 17.8 Å². The van der Waals surface area contributed by atoms with Gasteiger partial charge in [-0.3, -0.25) is 9.59 Å². The lowest BCUT2D eigenvalue weighted by Crippen LogP contribution is -3.00. The van der Waals surface area contributed by atoms with E-state index in [2.05, 4.69) is 123 Å². The van der Waals surface area contributed by atoms with Crippen molar-refractivity contribution >= 4 is 34.9 Å². The molecule has 0 aliphatic carbocycles. The number of benzene rings is 2. The second-order valence-electron chi connectivity index (χ2n) is 12.7. The van der Waals surface area contributed by atoms with Gasteiger partial charge in [0.1, 0.15) is 6.54 Å². The highest BCUT2D eigenvalue weighted by molar-refractivity contribution is 6.03. The van der Waals surface area contributed by atoms with Crippen LogP contribution < -0.4 is 17.3 Å². The monoisotopic (exact) mass is 629 g/mol. The van der Waals surface area contributed by atoms with E-state index >= 15 is 0 Å². The Morgan fingerprint density at radius 3 is 2.24 bits per heavy atom. The molecule has 0 bridgehead atoms. The van der Waals surface area contributed by atoms with Crippen molar-refractivity contribution in [2.24, 2.45) is 0 Å². The topological polar surface area (TPSA) is 69.9 Å². The number of likely N-dealkylation sites (N-methyl/N-ethyl adjacent to an activating group) is 1. The summed E-state index contributed by atoms with van der Waals surface area (Å²) in [6.07, 6.45) is 13.6. The number of fused-ring (bicyclic) bond motifs is 2. The zero-order valence-corrected chi connectivity index (χ0v) is 27.8. The van der Waals surface area contributed by atoms with Crippen LogP contribution in [0.2, 0.25) is 0 Å². The molecule has 0 saturated carbocycles. The van der Waals surface area contributed by atoms with Gasteiger partial charge in [-0.2, -0.15) is 4.58 Å². The van der Waals surface area contributed by atoms with Crippen molar-refractivity contribution < 1.29 is 36.2 Å². The number of para-hydroxylation sites is 2. The number of allylic oxidation sites excluding steroid dienone is 6. The summed E-state index contributed by atoms with van der Waals surface area (Å²) in [4.78, 5) is 43.0. The molecule has 1 fully saturated rings. The third-order valence-electron chi connectivity index (χ3n) is 9.11. The van der Waals surface area contributed by atoms with E-state index in [0.717, 1.165) is 25.9 Å². The van der Waals surface area contributed by atoms with Crippen molar-refractivity contribution in [3.63, 3.8) is 0 Å². The molecule has 0 unspecified atom stereocenters. The van der Waals surface area contributed by atoms with E-state index in [1.165, 1.54) is 33.9 Å².